The van der Waals surface area contributed by atoms with Crippen LogP contribution in [-0.2, 0) is 4.79 Å². The van der Waals surface area contributed by atoms with Gasteiger partial charge in [-0.2, -0.15) is 10.5 Å². The highest BCUT2D eigenvalue weighted by Crippen LogP contribution is 2.37. The number of ether oxygens (including phenoxy) is 2. The molecule has 0 aliphatic heterocycles. The van der Waals surface area contributed by atoms with Crippen molar-refractivity contribution < 1.29 is 14.3 Å². The second-order valence-corrected chi connectivity index (χ2v) is 5.48. The third kappa shape index (κ3) is 5.32. The van der Waals surface area contributed by atoms with E-state index in [0.29, 0.717) is 28.1 Å². The van der Waals surface area contributed by atoms with Crippen LogP contribution in [0.1, 0.15) is 12.5 Å². The van der Waals surface area contributed by atoms with Crippen LogP contribution in [0.15, 0.2) is 22.2 Å². The molecule has 0 radical (unpaired) electrons. The van der Waals surface area contributed by atoms with Crippen molar-refractivity contribution in [3.8, 4) is 23.6 Å². The molecule has 0 unspecified atom stereocenters. The molecule has 1 aromatic carbocycles. The summed E-state index contributed by atoms with van der Waals surface area (Å²) in [5.74, 6) is 0.643. The summed E-state index contributed by atoms with van der Waals surface area (Å²) in [6.07, 6.45) is 1.45. The van der Waals surface area contributed by atoms with Gasteiger partial charge in [0.2, 0.25) is 0 Å². The highest BCUT2D eigenvalue weighted by molar-refractivity contribution is 9.10. The Balaban J connectivity index is 3.17. The second kappa shape index (κ2) is 8.82. The summed E-state index contributed by atoms with van der Waals surface area (Å²) in [5.41, 5.74) is 0.598. The molecule has 0 heterocycles. The molecule has 0 bridgehead atoms. The molecule has 0 aliphatic carbocycles. The highest BCUT2D eigenvalue weighted by Gasteiger charge is 2.14. The highest BCUT2D eigenvalue weighted by atomic mass is 79.9. The number of hydrogen-bond acceptors (Lipinski definition) is 5. The summed E-state index contributed by atoms with van der Waals surface area (Å²) < 4.78 is 11.6. The minimum absolute atomic E-state index is 0.0178. The average molecular weight is 378 g/mol. The lowest BCUT2D eigenvalue weighted by molar-refractivity contribution is -0.130. The van der Waals surface area contributed by atoms with Crippen LogP contribution in [0.25, 0.3) is 6.08 Å². The number of rotatable bonds is 6. The van der Waals surface area contributed by atoms with Crippen LogP contribution >= 0.6 is 15.9 Å². The van der Waals surface area contributed by atoms with Gasteiger partial charge in [0.05, 0.1) is 11.1 Å². The van der Waals surface area contributed by atoms with Gasteiger partial charge in [-0.25, -0.2) is 0 Å². The molecule has 120 valence electrons. The first-order valence-corrected chi connectivity index (χ1v) is 7.53. The molecule has 0 aliphatic rings. The average Bonchev–Trinajstić information content (AvgIpc) is 2.51. The summed E-state index contributed by atoms with van der Waals surface area (Å²) in [5, 5.41) is 17.7. The molecule has 0 saturated carbocycles. The quantitative estimate of drug-likeness (QED) is 0.711. The van der Waals surface area contributed by atoms with Crippen LogP contribution in [0.3, 0.4) is 0 Å². The SMILES string of the molecule is CCOc1cc(C=C(C#N)C#N)cc(Br)c1OCC(=O)N(C)C. The number of nitrogens with zero attached hydrogens (tertiary/aromatic N) is 3. The molecule has 0 N–H and O–H groups in total. The van der Waals surface area contributed by atoms with E-state index in [1.54, 1.807) is 38.4 Å². The molecule has 1 rings (SSSR count). The monoisotopic (exact) mass is 377 g/mol. The first-order valence-electron chi connectivity index (χ1n) is 6.74. The minimum atomic E-state index is -0.181. The first kappa shape index (κ1) is 18.5. The lowest BCUT2D eigenvalue weighted by Crippen LogP contribution is -2.27. The van der Waals surface area contributed by atoms with Gasteiger partial charge in [-0.1, -0.05) is 0 Å². The number of hydrogen-bond donors (Lipinski definition) is 0. The van der Waals surface area contributed by atoms with Gasteiger partial charge in [0.15, 0.2) is 18.1 Å². The molecule has 0 fully saturated rings. The molecule has 1 aromatic rings. The van der Waals surface area contributed by atoms with E-state index in [1.165, 1.54) is 11.0 Å². The minimum Gasteiger partial charge on any atom is -0.490 e. The predicted molar refractivity (Wildman–Crippen MR) is 88.7 cm³/mol. The molecule has 0 spiro atoms. The molecular formula is C16H16BrN3O3. The number of likely N-dealkylation sites (N-methyl/N-ethyl adjacent to an activating group) is 1. The summed E-state index contributed by atoms with van der Waals surface area (Å²) in [4.78, 5) is 13.1. The van der Waals surface area contributed by atoms with Crippen LogP contribution in [0.4, 0.5) is 0 Å². The number of carbonyl (C=O) groups excluding carboxylic acids is 1. The summed E-state index contributed by atoms with van der Waals surface area (Å²) in [6, 6.07) is 6.94. The van der Waals surface area contributed by atoms with Crippen molar-refractivity contribution >= 4 is 27.9 Å². The molecule has 6 nitrogen and oxygen atoms in total. The number of carbonyl (C=O) groups is 1. The number of nitriles is 2. The molecule has 0 saturated heterocycles. The third-order valence-corrected chi connectivity index (χ3v) is 3.31. The summed E-state index contributed by atoms with van der Waals surface area (Å²) in [6.45, 7) is 2.10. The Hall–Kier alpha value is -2.51. The molecule has 1 amide bonds. The fourth-order valence-electron chi connectivity index (χ4n) is 1.59. The van der Waals surface area contributed by atoms with Crippen molar-refractivity contribution in [2.45, 2.75) is 6.92 Å². The molecule has 0 aromatic heterocycles. The number of amides is 1. The zero-order valence-corrected chi connectivity index (χ0v) is 14.7. The van der Waals surface area contributed by atoms with E-state index in [0.717, 1.165) is 0 Å². The van der Waals surface area contributed by atoms with Crippen LogP contribution in [0, 0.1) is 22.7 Å². The lowest BCUT2D eigenvalue weighted by Gasteiger charge is -2.16. The van der Waals surface area contributed by atoms with E-state index in [9.17, 15) is 4.79 Å². The first-order chi connectivity index (χ1) is 10.9. The fourth-order valence-corrected chi connectivity index (χ4v) is 2.17. The largest absolute Gasteiger partial charge is 0.490 e. The fraction of sp³-hybridized carbons (Fsp3) is 0.312. The van der Waals surface area contributed by atoms with Crippen molar-refractivity contribution in [2.75, 3.05) is 27.3 Å². The van der Waals surface area contributed by atoms with E-state index in [1.807, 2.05) is 6.92 Å². The topological polar surface area (TPSA) is 86.3 Å². The Bertz CT molecular complexity index is 684. The zero-order valence-electron chi connectivity index (χ0n) is 13.1. The lowest BCUT2D eigenvalue weighted by atomic mass is 10.1. The number of allylic oxidation sites excluding steroid dienone is 1. The van der Waals surface area contributed by atoms with Crippen LogP contribution in [0.2, 0.25) is 0 Å². The van der Waals surface area contributed by atoms with Gasteiger partial charge in [-0.05, 0) is 46.6 Å². The predicted octanol–water partition coefficient (Wildman–Crippen LogP) is 2.75. The maximum atomic E-state index is 11.6. The molecule has 23 heavy (non-hydrogen) atoms. The number of halogens is 1. The summed E-state index contributed by atoms with van der Waals surface area (Å²) >= 11 is 3.36. The Morgan fingerprint density at radius 3 is 2.48 bits per heavy atom. The van der Waals surface area contributed by atoms with Gasteiger partial charge in [-0.15, -0.1) is 0 Å². The summed E-state index contributed by atoms with van der Waals surface area (Å²) in [7, 11) is 3.28. The van der Waals surface area contributed by atoms with Gasteiger partial charge >= 0.3 is 0 Å². The van der Waals surface area contributed by atoms with Crippen molar-refractivity contribution in [3.05, 3.63) is 27.7 Å². The Kier molecular flexibility index (Phi) is 7.11. The maximum Gasteiger partial charge on any atom is 0.259 e. The Morgan fingerprint density at radius 1 is 1.30 bits per heavy atom. The van der Waals surface area contributed by atoms with Crippen molar-refractivity contribution in [1.29, 1.82) is 10.5 Å². The normalized spacial score (nSPS) is 9.30. The number of benzene rings is 1. The third-order valence-electron chi connectivity index (χ3n) is 2.72. The Labute approximate surface area is 143 Å². The Morgan fingerprint density at radius 2 is 1.96 bits per heavy atom. The van der Waals surface area contributed by atoms with E-state index in [2.05, 4.69) is 15.9 Å². The van der Waals surface area contributed by atoms with Gasteiger partial charge in [0, 0.05) is 14.1 Å². The van der Waals surface area contributed by atoms with Crippen LogP contribution in [-0.4, -0.2) is 38.1 Å². The van der Waals surface area contributed by atoms with E-state index < -0.39 is 0 Å². The van der Waals surface area contributed by atoms with Crippen LogP contribution in [0.5, 0.6) is 11.5 Å². The molecular weight excluding hydrogens is 362 g/mol. The maximum absolute atomic E-state index is 11.6. The van der Waals surface area contributed by atoms with E-state index in [-0.39, 0.29) is 18.1 Å². The molecule has 0 atom stereocenters. The van der Waals surface area contributed by atoms with Gasteiger partial charge < -0.3 is 14.4 Å². The van der Waals surface area contributed by atoms with Crippen molar-refractivity contribution in [1.82, 2.24) is 4.90 Å². The van der Waals surface area contributed by atoms with Crippen LogP contribution < -0.4 is 9.47 Å². The standard InChI is InChI=1S/C16H16BrN3O3/c1-4-22-14-7-11(5-12(8-18)9-19)6-13(17)16(14)23-10-15(21)20(2)3/h5-7H,4,10H2,1-3H3. The second-order valence-electron chi connectivity index (χ2n) is 4.62. The van der Waals surface area contributed by atoms with E-state index >= 15 is 0 Å². The smallest absolute Gasteiger partial charge is 0.259 e. The van der Waals surface area contributed by atoms with Crippen molar-refractivity contribution in [3.63, 3.8) is 0 Å². The van der Waals surface area contributed by atoms with Crippen molar-refractivity contribution in [2.24, 2.45) is 0 Å². The zero-order chi connectivity index (χ0) is 17.4. The van der Waals surface area contributed by atoms with Gasteiger partial charge in [0.1, 0.15) is 17.7 Å². The van der Waals surface area contributed by atoms with Gasteiger partial charge in [-0.3, -0.25) is 4.79 Å². The molecule has 7 heteroatoms. The van der Waals surface area contributed by atoms with E-state index in [4.69, 9.17) is 20.0 Å². The van der Waals surface area contributed by atoms with Gasteiger partial charge in [0.25, 0.3) is 5.91 Å².